The minimum absolute atomic E-state index is 0.0545. The van der Waals surface area contributed by atoms with Crippen molar-refractivity contribution in [2.75, 3.05) is 13.7 Å². The van der Waals surface area contributed by atoms with E-state index in [-0.39, 0.29) is 19.0 Å². The van der Waals surface area contributed by atoms with Gasteiger partial charge in [0.25, 0.3) is 0 Å². The first-order valence-corrected chi connectivity index (χ1v) is 10.9. The molecule has 0 saturated heterocycles. The lowest BCUT2D eigenvalue weighted by Gasteiger charge is -2.07. The number of benzene rings is 2. The van der Waals surface area contributed by atoms with Crippen LogP contribution in [0, 0.1) is 0 Å². The van der Waals surface area contributed by atoms with Crippen LogP contribution in [0.5, 0.6) is 11.5 Å². The number of halogens is 1. The molecule has 0 bridgehead atoms. The number of hydrogen-bond acceptors (Lipinski definition) is 7. The molecule has 156 valence electrons. The van der Waals surface area contributed by atoms with Crippen LogP contribution in [0.1, 0.15) is 29.4 Å². The van der Waals surface area contributed by atoms with Crippen LogP contribution in [-0.4, -0.2) is 30.5 Å². The Labute approximate surface area is 186 Å². The Morgan fingerprint density at radius 3 is 2.60 bits per heavy atom. The molecule has 3 rings (SSSR count). The van der Waals surface area contributed by atoms with E-state index < -0.39 is 5.97 Å². The molecular weight excluding hydrogens is 470 g/mol. The van der Waals surface area contributed by atoms with Gasteiger partial charge in [0.15, 0.2) is 12.4 Å². The van der Waals surface area contributed by atoms with Crippen LogP contribution in [0.4, 0.5) is 0 Å². The number of carbonyl (C=O) groups is 2. The molecule has 0 spiro atoms. The van der Waals surface area contributed by atoms with Crippen molar-refractivity contribution < 1.29 is 23.8 Å². The zero-order chi connectivity index (χ0) is 21.5. The fraction of sp³-hybridized carbons (Fsp3) is 0.227. The summed E-state index contributed by atoms with van der Waals surface area (Å²) in [6.07, 6.45) is 0.444. The summed E-state index contributed by atoms with van der Waals surface area (Å²) in [4.78, 5) is 28.1. The Kier molecular flexibility index (Phi) is 7.59. The van der Waals surface area contributed by atoms with Gasteiger partial charge in [-0.05, 0) is 42.5 Å². The predicted octanol–water partition coefficient (Wildman–Crippen LogP) is 5.30. The molecule has 0 N–H and O–H groups in total. The van der Waals surface area contributed by atoms with Gasteiger partial charge in [0.05, 0.1) is 18.4 Å². The maximum atomic E-state index is 12.0. The third-order valence-electron chi connectivity index (χ3n) is 4.18. The molecule has 2 aromatic carbocycles. The number of rotatable bonds is 9. The summed E-state index contributed by atoms with van der Waals surface area (Å²) in [6.45, 7) is 1.64. The number of Topliss-reactive ketones (excluding diaryl/α,β-unsaturated/α-hetero) is 1. The van der Waals surface area contributed by atoms with Gasteiger partial charge in [-0.25, -0.2) is 9.78 Å². The summed E-state index contributed by atoms with van der Waals surface area (Å²) in [5, 5.41) is 2.62. The first kappa shape index (κ1) is 22.0. The molecular formula is C22H20BrNO5S. The summed E-state index contributed by atoms with van der Waals surface area (Å²) in [5.74, 6) is 0.774. The largest absolute Gasteiger partial charge is 0.496 e. The highest BCUT2D eigenvalue weighted by Gasteiger charge is 2.13. The number of aromatic nitrogens is 1. The number of carbonyl (C=O) groups excluding carboxylic acids is 2. The standard InChI is InChI=1S/C22H20BrNO5S/c1-3-19(25)14-4-7-17(8-5-14)28-12-21(26)29-11-16-13-30-22(24-16)18-10-15(23)6-9-20(18)27-2/h4-10,13H,3,11-12H2,1-2H3. The van der Waals surface area contributed by atoms with Crippen LogP contribution in [0.25, 0.3) is 10.6 Å². The van der Waals surface area contributed by atoms with E-state index in [1.54, 1.807) is 31.4 Å². The minimum atomic E-state index is -0.502. The number of ketones is 1. The summed E-state index contributed by atoms with van der Waals surface area (Å²) in [6, 6.07) is 12.4. The van der Waals surface area contributed by atoms with Gasteiger partial charge in [-0.1, -0.05) is 22.9 Å². The molecule has 0 aliphatic heterocycles. The predicted molar refractivity (Wildman–Crippen MR) is 118 cm³/mol. The van der Waals surface area contributed by atoms with Gasteiger partial charge in [-0.15, -0.1) is 11.3 Å². The molecule has 0 aliphatic carbocycles. The third kappa shape index (κ3) is 5.67. The quantitative estimate of drug-likeness (QED) is 0.300. The van der Waals surface area contributed by atoms with Gasteiger partial charge >= 0.3 is 5.97 Å². The van der Waals surface area contributed by atoms with Gasteiger partial charge in [0.1, 0.15) is 23.1 Å². The highest BCUT2D eigenvalue weighted by atomic mass is 79.9. The maximum absolute atomic E-state index is 12.0. The average Bonchev–Trinajstić information content (AvgIpc) is 3.25. The van der Waals surface area contributed by atoms with E-state index in [4.69, 9.17) is 14.2 Å². The third-order valence-corrected chi connectivity index (χ3v) is 5.60. The Morgan fingerprint density at radius 1 is 1.13 bits per heavy atom. The Balaban J connectivity index is 1.52. The summed E-state index contributed by atoms with van der Waals surface area (Å²) in [7, 11) is 1.61. The van der Waals surface area contributed by atoms with Gasteiger partial charge in [-0.2, -0.15) is 0 Å². The topological polar surface area (TPSA) is 74.7 Å². The van der Waals surface area contributed by atoms with Gasteiger partial charge < -0.3 is 14.2 Å². The number of ether oxygens (including phenoxy) is 3. The van der Waals surface area contributed by atoms with E-state index in [1.165, 1.54) is 11.3 Å². The van der Waals surface area contributed by atoms with Crippen molar-refractivity contribution in [3.05, 3.63) is 63.6 Å². The lowest BCUT2D eigenvalue weighted by Crippen LogP contribution is -2.14. The zero-order valence-corrected chi connectivity index (χ0v) is 18.9. The Morgan fingerprint density at radius 2 is 1.90 bits per heavy atom. The molecule has 0 radical (unpaired) electrons. The molecule has 0 fully saturated rings. The van der Waals surface area contributed by atoms with E-state index in [9.17, 15) is 9.59 Å². The summed E-state index contributed by atoms with van der Waals surface area (Å²) >= 11 is 4.90. The van der Waals surface area contributed by atoms with Crippen LogP contribution >= 0.6 is 27.3 Å². The molecule has 0 atom stereocenters. The molecule has 8 heteroatoms. The smallest absolute Gasteiger partial charge is 0.344 e. The van der Waals surface area contributed by atoms with Crippen molar-refractivity contribution in [3.63, 3.8) is 0 Å². The fourth-order valence-electron chi connectivity index (χ4n) is 2.62. The van der Waals surface area contributed by atoms with E-state index in [0.717, 1.165) is 20.8 Å². The Bertz CT molecular complexity index is 1030. The second kappa shape index (κ2) is 10.4. The summed E-state index contributed by atoms with van der Waals surface area (Å²) in [5.41, 5.74) is 2.13. The lowest BCUT2D eigenvalue weighted by molar-refractivity contribution is -0.147. The van der Waals surface area contributed by atoms with Crippen LogP contribution < -0.4 is 9.47 Å². The molecule has 0 amide bonds. The lowest BCUT2D eigenvalue weighted by atomic mass is 10.1. The van der Waals surface area contributed by atoms with E-state index in [0.29, 0.717) is 23.4 Å². The molecule has 1 heterocycles. The highest BCUT2D eigenvalue weighted by molar-refractivity contribution is 9.10. The molecule has 3 aromatic rings. The molecule has 0 saturated carbocycles. The average molecular weight is 490 g/mol. The van der Waals surface area contributed by atoms with E-state index in [1.807, 2.05) is 30.5 Å². The second-order valence-corrected chi connectivity index (χ2v) is 8.01. The van der Waals surface area contributed by atoms with Crippen LogP contribution in [-0.2, 0) is 16.1 Å². The van der Waals surface area contributed by atoms with Crippen molar-refractivity contribution in [2.24, 2.45) is 0 Å². The fourth-order valence-corrected chi connectivity index (χ4v) is 3.81. The van der Waals surface area contributed by atoms with Gasteiger partial charge in [0.2, 0.25) is 0 Å². The number of esters is 1. The van der Waals surface area contributed by atoms with Gasteiger partial charge in [0, 0.05) is 21.8 Å². The first-order valence-electron chi connectivity index (χ1n) is 9.20. The highest BCUT2D eigenvalue weighted by Crippen LogP contribution is 2.34. The number of thiazole rings is 1. The van der Waals surface area contributed by atoms with Crippen LogP contribution in [0.15, 0.2) is 52.3 Å². The van der Waals surface area contributed by atoms with Crippen molar-refractivity contribution in [2.45, 2.75) is 20.0 Å². The van der Waals surface area contributed by atoms with Crippen molar-refractivity contribution in [3.8, 4) is 22.1 Å². The second-order valence-electron chi connectivity index (χ2n) is 6.24. The number of nitrogens with zero attached hydrogens (tertiary/aromatic N) is 1. The zero-order valence-electron chi connectivity index (χ0n) is 16.5. The van der Waals surface area contributed by atoms with Gasteiger partial charge in [-0.3, -0.25) is 4.79 Å². The number of methoxy groups -OCH3 is 1. The molecule has 1 aromatic heterocycles. The van der Waals surface area contributed by atoms with Crippen molar-refractivity contribution in [1.82, 2.24) is 4.98 Å². The molecule has 0 unspecified atom stereocenters. The molecule has 6 nitrogen and oxygen atoms in total. The summed E-state index contributed by atoms with van der Waals surface area (Å²) < 4.78 is 17.0. The molecule has 30 heavy (non-hydrogen) atoms. The SMILES string of the molecule is CCC(=O)c1ccc(OCC(=O)OCc2csc(-c3cc(Br)ccc3OC)n2)cc1. The van der Waals surface area contributed by atoms with Crippen molar-refractivity contribution in [1.29, 1.82) is 0 Å². The van der Waals surface area contributed by atoms with E-state index in [2.05, 4.69) is 20.9 Å². The van der Waals surface area contributed by atoms with Crippen LogP contribution in [0.2, 0.25) is 0 Å². The minimum Gasteiger partial charge on any atom is -0.496 e. The molecule has 0 aliphatic rings. The van der Waals surface area contributed by atoms with Crippen molar-refractivity contribution >= 4 is 39.0 Å². The number of hydrogen-bond donors (Lipinski definition) is 0. The Hall–Kier alpha value is -2.71. The normalized spacial score (nSPS) is 10.5. The van der Waals surface area contributed by atoms with E-state index >= 15 is 0 Å². The monoisotopic (exact) mass is 489 g/mol. The van der Waals surface area contributed by atoms with Crippen LogP contribution in [0.3, 0.4) is 0 Å². The maximum Gasteiger partial charge on any atom is 0.344 e. The first-order chi connectivity index (χ1) is 14.5.